The molecule has 216 valence electrons. The molecule has 4 aliphatic rings. The molecule has 2 aromatic carbocycles. The van der Waals surface area contributed by atoms with Gasteiger partial charge >= 0.3 is 17.9 Å². The Morgan fingerprint density at radius 3 is 2.63 bits per heavy atom. The Balaban J connectivity index is 1.22. The monoisotopic (exact) mass is 565 g/mol. The number of benzene rings is 2. The van der Waals surface area contributed by atoms with Crippen molar-refractivity contribution < 1.29 is 48.7 Å². The summed E-state index contributed by atoms with van der Waals surface area (Å²) in [5, 5.41) is 32.2. The van der Waals surface area contributed by atoms with Crippen LogP contribution in [0, 0.1) is 0 Å². The van der Waals surface area contributed by atoms with Crippen LogP contribution in [0.2, 0.25) is 0 Å². The number of hydrogen-bond acceptors (Lipinski definition) is 10. The lowest BCUT2D eigenvalue weighted by atomic mass is 9.50. The van der Waals surface area contributed by atoms with Gasteiger partial charge in [0.25, 0.3) is 0 Å². The highest BCUT2D eigenvalue weighted by Gasteiger charge is 2.72. The van der Waals surface area contributed by atoms with Crippen LogP contribution in [0.25, 0.3) is 0 Å². The maximum Gasteiger partial charge on any atom is 0.349 e. The van der Waals surface area contributed by atoms with E-state index in [0.29, 0.717) is 30.9 Å². The lowest BCUT2D eigenvalue weighted by molar-refractivity contribution is -0.175. The molecule has 2 heterocycles. The van der Waals surface area contributed by atoms with E-state index in [1.807, 2.05) is 19.2 Å². The number of ether oxygens (including phenoxy) is 4. The summed E-state index contributed by atoms with van der Waals surface area (Å²) >= 11 is 0. The van der Waals surface area contributed by atoms with E-state index in [9.17, 15) is 29.7 Å². The number of hydrogen-bond donors (Lipinski definition) is 3. The predicted molar refractivity (Wildman–Crippen MR) is 141 cm³/mol. The number of piperidine rings is 1. The molecular formula is C30H31NO10. The van der Waals surface area contributed by atoms with Crippen LogP contribution in [-0.4, -0.2) is 82.7 Å². The fraction of sp³-hybridized carbons (Fsp3) is 0.433. The molecule has 1 spiro atoms. The number of carboxylic acids is 1. The van der Waals surface area contributed by atoms with Crippen LogP contribution in [-0.2, 0) is 35.7 Å². The fourth-order valence-electron chi connectivity index (χ4n) is 7.09. The molecule has 2 aromatic rings. The summed E-state index contributed by atoms with van der Waals surface area (Å²) in [6, 6.07) is 11.5. The van der Waals surface area contributed by atoms with Crippen LogP contribution in [0.5, 0.6) is 11.5 Å². The van der Waals surface area contributed by atoms with E-state index in [1.165, 1.54) is 19.2 Å². The first-order chi connectivity index (χ1) is 19.6. The Kier molecular flexibility index (Phi) is 6.55. The van der Waals surface area contributed by atoms with Crippen LogP contribution < -0.4 is 9.47 Å². The second-order valence-corrected chi connectivity index (χ2v) is 11.0. The third-order valence-electron chi connectivity index (χ3n) is 8.98. The number of esters is 2. The zero-order valence-electron chi connectivity index (χ0n) is 22.6. The van der Waals surface area contributed by atoms with Crippen LogP contribution in [0.3, 0.4) is 0 Å². The van der Waals surface area contributed by atoms with Crippen LogP contribution in [0.15, 0.2) is 54.3 Å². The van der Waals surface area contributed by atoms with E-state index in [1.54, 1.807) is 24.3 Å². The predicted octanol–water partition coefficient (Wildman–Crippen LogP) is 1.64. The highest BCUT2D eigenvalue weighted by atomic mass is 16.6. The molecular weight excluding hydrogens is 534 g/mol. The third-order valence-corrected chi connectivity index (χ3v) is 8.98. The molecule has 11 heteroatoms. The minimum absolute atomic E-state index is 0.175. The molecule has 2 aliphatic carbocycles. The SMILES string of the molecule is COc1ccc2c3c1O[C@H]1C(OC(=O)C[C@H](O)C(=O)O[C@H](C(=O)O)c4ccccc4)=CC[C@@]4(O)[C@@H](C2)N(C)CC[C@]314. The van der Waals surface area contributed by atoms with Crippen molar-refractivity contribution in [3.05, 3.63) is 71.0 Å². The van der Waals surface area contributed by atoms with Crippen molar-refractivity contribution in [3.63, 3.8) is 0 Å². The minimum Gasteiger partial charge on any atom is -0.493 e. The van der Waals surface area contributed by atoms with Gasteiger partial charge in [-0.25, -0.2) is 9.59 Å². The highest BCUT2D eigenvalue weighted by Crippen LogP contribution is 2.65. The summed E-state index contributed by atoms with van der Waals surface area (Å²) in [6.07, 6.45) is -2.17. The van der Waals surface area contributed by atoms with E-state index in [0.717, 1.165) is 11.1 Å². The Bertz CT molecular complexity index is 1440. The highest BCUT2D eigenvalue weighted by molar-refractivity contribution is 5.85. The number of carbonyl (C=O) groups excluding carboxylic acids is 2. The van der Waals surface area contributed by atoms with Crippen LogP contribution in [0.4, 0.5) is 0 Å². The molecule has 1 fully saturated rings. The molecule has 0 amide bonds. The summed E-state index contributed by atoms with van der Waals surface area (Å²) in [5.41, 5.74) is 0.0614. The summed E-state index contributed by atoms with van der Waals surface area (Å²) < 4.78 is 22.7. The molecule has 2 aliphatic heterocycles. The molecule has 11 nitrogen and oxygen atoms in total. The average molecular weight is 566 g/mol. The fourth-order valence-corrected chi connectivity index (χ4v) is 7.09. The zero-order valence-corrected chi connectivity index (χ0v) is 22.6. The van der Waals surface area contributed by atoms with Crippen molar-refractivity contribution in [1.82, 2.24) is 4.90 Å². The first kappa shape index (κ1) is 27.3. The number of carbonyl (C=O) groups is 3. The lowest BCUT2D eigenvalue weighted by Gasteiger charge is -2.61. The topological polar surface area (TPSA) is 152 Å². The molecule has 2 bridgehead atoms. The molecule has 0 aromatic heterocycles. The van der Waals surface area contributed by atoms with Crippen molar-refractivity contribution in [2.24, 2.45) is 0 Å². The Morgan fingerprint density at radius 2 is 1.93 bits per heavy atom. The van der Waals surface area contributed by atoms with Crippen molar-refractivity contribution in [2.75, 3.05) is 20.7 Å². The van der Waals surface area contributed by atoms with Gasteiger partial charge in [0.1, 0.15) is 5.76 Å². The average Bonchev–Trinajstić information content (AvgIpc) is 3.31. The van der Waals surface area contributed by atoms with E-state index >= 15 is 0 Å². The van der Waals surface area contributed by atoms with Gasteiger partial charge < -0.3 is 39.2 Å². The van der Waals surface area contributed by atoms with Gasteiger partial charge in [0, 0.05) is 23.6 Å². The van der Waals surface area contributed by atoms with Crippen LogP contribution >= 0.6 is 0 Å². The minimum atomic E-state index is -1.96. The van der Waals surface area contributed by atoms with Crippen LogP contribution in [0.1, 0.15) is 42.1 Å². The van der Waals surface area contributed by atoms with Crippen molar-refractivity contribution in [1.29, 1.82) is 0 Å². The van der Waals surface area contributed by atoms with Crippen molar-refractivity contribution in [3.8, 4) is 11.5 Å². The molecule has 41 heavy (non-hydrogen) atoms. The van der Waals surface area contributed by atoms with Gasteiger partial charge in [-0.2, -0.15) is 0 Å². The van der Waals surface area contributed by atoms with E-state index in [2.05, 4.69) is 4.90 Å². The number of likely N-dealkylation sites (N-methyl/N-ethyl adjacent to an activating group) is 1. The first-order valence-corrected chi connectivity index (χ1v) is 13.5. The second kappa shape index (κ2) is 9.86. The molecule has 1 saturated heterocycles. The normalized spacial score (nSPS) is 28.8. The molecule has 0 saturated carbocycles. The zero-order chi connectivity index (χ0) is 29.1. The number of aliphatic carboxylic acids is 1. The number of carboxylic acid groups (broad SMARTS) is 1. The number of aliphatic hydroxyl groups is 2. The first-order valence-electron chi connectivity index (χ1n) is 13.5. The number of rotatable bonds is 8. The number of likely N-dealkylation sites (tertiary alicyclic amines) is 1. The molecule has 6 rings (SSSR count). The van der Waals surface area contributed by atoms with E-state index in [-0.39, 0.29) is 23.8 Å². The number of aliphatic hydroxyl groups excluding tert-OH is 1. The largest absolute Gasteiger partial charge is 0.493 e. The van der Waals surface area contributed by atoms with Crippen molar-refractivity contribution >= 4 is 17.9 Å². The van der Waals surface area contributed by atoms with Gasteiger partial charge in [-0.05, 0) is 44.1 Å². The maximum atomic E-state index is 13.0. The molecule has 0 unspecified atom stereocenters. The van der Waals surface area contributed by atoms with Gasteiger partial charge in [0.05, 0.1) is 24.5 Å². The Labute approximate surface area is 235 Å². The van der Waals surface area contributed by atoms with Gasteiger partial charge in [0.15, 0.2) is 23.7 Å². The Morgan fingerprint density at radius 1 is 1.17 bits per heavy atom. The van der Waals surface area contributed by atoms with Gasteiger partial charge in [-0.1, -0.05) is 36.4 Å². The van der Waals surface area contributed by atoms with E-state index in [4.69, 9.17) is 18.9 Å². The standard InChI is InChI=1S/C30H31NO10/c1-31-13-12-29-23-17-8-9-19(38-2)25(23)40-26(29)20(10-11-30(29,37)21(31)14-17)39-22(33)15-18(32)28(36)41-24(27(34)35)16-6-4-3-5-7-16/h3-10,18,21,24,26,32,37H,11-15H2,1-2H3,(H,34,35)/t18-,21+,24-,26-,29-,30+/m0/s1. The molecule has 6 atom stereocenters. The maximum absolute atomic E-state index is 13.0. The van der Waals surface area contributed by atoms with E-state index < -0.39 is 53.7 Å². The quantitative estimate of drug-likeness (QED) is 0.401. The van der Waals surface area contributed by atoms with Gasteiger partial charge in [0.2, 0.25) is 6.10 Å². The Hall–Kier alpha value is -3.93. The van der Waals surface area contributed by atoms with Crippen molar-refractivity contribution in [2.45, 2.75) is 61.1 Å². The summed E-state index contributed by atoms with van der Waals surface area (Å²) in [5.74, 6) is -2.40. The summed E-state index contributed by atoms with van der Waals surface area (Å²) in [7, 11) is 3.53. The summed E-state index contributed by atoms with van der Waals surface area (Å²) in [6.45, 7) is 0.695. The van der Waals surface area contributed by atoms with Gasteiger partial charge in [-0.15, -0.1) is 0 Å². The lowest BCUT2D eigenvalue weighted by Crippen LogP contribution is -2.74. The smallest absolute Gasteiger partial charge is 0.349 e. The third kappa shape index (κ3) is 4.02. The number of methoxy groups -OCH3 is 1. The second-order valence-electron chi connectivity index (χ2n) is 11.0. The molecule has 0 radical (unpaired) electrons. The van der Waals surface area contributed by atoms with Gasteiger partial charge in [-0.3, -0.25) is 4.79 Å². The number of nitrogens with zero attached hydrogens (tertiary/aromatic N) is 1. The summed E-state index contributed by atoms with van der Waals surface area (Å²) in [4.78, 5) is 39.3. The molecule has 3 N–H and O–H groups in total.